The SMILES string of the molecule is COC(=O)c1ccccc1-c1ccc(CCc2ncc(CC(C)(C)C)n2CC(=O)O)cc1. The average Bonchev–Trinajstić information content (AvgIpc) is 3.11. The molecule has 168 valence electrons. The van der Waals surface area contributed by atoms with Crippen LogP contribution >= 0.6 is 0 Å². The maximum atomic E-state index is 12.1. The first kappa shape index (κ1) is 23.3. The normalized spacial score (nSPS) is 11.4. The minimum atomic E-state index is -0.868. The molecule has 6 nitrogen and oxygen atoms in total. The van der Waals surface area contributed by atoms with Crippen LogP contribution in [0.25, 0.3) is 11.1 Å². The Morgan fingerprint density at radius 2 is 1.72 bits per heavy atom. The third-order valence-electron chi connectivity index (χ3n) is 5.26. The standard InChI is InChI=1S/C26H30N2O4/c1-26(2,3)15-20-16-27-23(28(20)17-24(29)30)14-11-18-9-12-19(13-10-18)21-7-5-6-8-22(21)25(31)32-4/h5-10,12-13,16H,11,14-15,17H2,1-4H3,(H,29,30). The number of carboxylic acid groups (broad SMARTS) is 1. The van der Waals surface area contributed by atoms with Gasteiger partial charge in [0, 0.05) is 18.3 Å². The van der Waals surface area contributed by atoms with Crippen molar-refractivity contribution in [2.45, 2.75) is 46.6 Å². The molecule has 0 fully saturated rings. The smallest absolute Gasteiger partial charge is 0.338 e. The van der Waals surface area contributed by atoms with Crippen molar-refractivity contribution in [1.82, 2.24) is 9.55 Å². The number of hydrogen-bond acceptors (Lipinski definition) is 4. The van der Waals surface area contributed by atoms with E-state index in [1.165, 1.54) is 7.11 Å². The molecule has 0 saturated carbocycles. The fourth-order valence-corrected chi connectivity index (χ4v) is 3.80. The van der Waals surface area contributed by atoms with E-state index in [9.17, 15) is 14.7 Å². The lowest BCUT2D eigenvalue weighted by atomic mass is 9.91. The molecular weight excluding hydrogens is 404 g/mol. The van der Waals surface area contributed by atoms with Crippen LogP contribution in [-0.2, 0) is 35.3 Å². The number of imidazole rings is 1. The molecule has 1 heterocycles. The maximum Gasteiger partial charge on any atom is 0.338 e. The Kier molecular flexibility index (Phi) is 7.13. The summed E-state index contributed by atoms with van der Waals surface area (Å²) >= 11 is 0. The van der Waals surface area contributed by atoms with Crippen molar-refractivity contribution in [2.24, 2.45) is 5.41 Å². The molecule has 0 aliphatic heterocycles. The number of carbonyl (C=O) groups is 2. The monoisotopic (exact) mass is 434 g/mol. The Balaban J connectivity index is 1.76. The van der Waals surface area contributed by atoms with E-state index in [4.69, 9.17) is 4.74 Å². The van der Waals surface area contributed by atoms with Crippen LogP contribution in [0.15, 0.2) is 54.7 Å². The fourth-order valence-electron chi connectivity index (χ4n) is 3.80. The van der Waals surface area contributed by atoms with E-state index >= 15 is 0 Å². The number of carboxylic acids is 1. The van der Waals surface area contributed by atoms with Crippen LogP contribution in [-0.4, -0.2) is 33.7 Å². The number of aliphatic carboxylic acids is 1. The molecule has 0 aliphatic rings. The number of aromatic nitrogens is 2. The van der Waals surface area contributed by atoms with Crippen molar-refractivity contribution >= 4 is 11.9 Å². The molecule has 0 atom stereocenters. The zero-order valence-electron chi connectivity index (χ0n) is 19.1. The van der Waals surface area contributed by atoms with Gasteiger partial charge in [0.1, 0.15) is 12.4 Å². The molecule has 0 amide bonds. The summed E-state index contributed by atoms with van der Waals surface area (Å²) < 4.78 is 6.72. The Bertz CT molecular complexity index is 1090. The Hall–Kier alpha value is -3.41. The zero-order chi connectivity index (χ0) is 23.3. The minimum absolute atomic E-state index is 0.0455. The first-order valence-electron chi connectivity index (χ1n) is 10.7. The van der Waals surface area contributed by atoms with Gasteiger partial charge >= 0.3 is 11.9 Å². The van der Waals surface area contributed by atoms with Gasteiger partial charge in [-0.3, -0.25) is 4.79 Å². The molecule has 3 aromatic rings. The summed E-state index contributed by atoms with van der Waals surface area (Å²) in [6.07, 6.45) is 3.96. The predicted molar refractivity (Wildman–Crippen MR) is 124 cm³/mol. The molecule has 6 heteroatoms. The van der Waals surface area contributed by atoms with E-state index < -0.39 is 5.97 Å². The molecule has 2 aromatic carbocycles. The predicted octanol–water partition coefficient (Wildman–Crippen LogP) is 4.80. The average molecular weight is 435 g/mol. The second-order valence-electron chi connectivity index (χ2n) is 9.12. The van der Waals surface area contributed by atoms with Crippen molar-refractivity contribution in [3.05, 3.63) is 77.4 Å². The van der Waals surface area contributed by atoms with Gasteiger partial charge in [0.15, 0.2) is 0 Å². The summed E-state index contributed by atoms with van der Waals surface area (Å²) in [6.45, 7) is 6.31. The maximum absolute atomic E-state index is 12.1. The number of carbonyl (C=O) groups excluding carboxylic acids is 1. The van der Waals surface area contributed by atoms with Crippen molar-refractivity contribution in [3.8, 4) is 11.1 Å². The van der Waals surface area contributed by atoms with Gasteiger partial charge in [0.25, 0.3) is 0 Å². The van der Waals surface area contributed by atoms with Crippen LogP contribution in [0.3, 0.4) is 0 Å². The van der Waals surface area contributed by atoms with Gasteiger partial charge < -0.3 is 14.4 Å². The molecule has 32 heavy (non-hydrogen) atoms. The van der Waals surface area contributed by atoms with E-state index in [0.29, 0.717) is 12.0 Å². The second-order valence-corrected chi connectivity index (χ2v) is 9.12. The lowest BCUT2D eigenvalue weighted by Crippen LogP contribution is -2.19. The molecule has 1 N–H and O–H groups in total. The van der Waals surface area contributed by atoms with Gasteiger partial charge in [0.05, 0.1) is 12.7 Å². The highest BCUT2D eigenvalue weighted by atomic mass is 16.5. The largest absolute Gasteiger partial charge is 0.480 e. The molecule has 1 aromatic heterocycles. The number of rotatable bonds is 8. The van der Waals surface area contributed by atoms with Crippen LogP contribution in [0.4, 0.5) is 0 Å². The van der Waals surface area contributed by atoms with Gasteiger partial charge in [-0.05, 0) is 41.0 Å². The number of ether oxygens (including phenoxy) is 1. The molecule has 0 unspecified atom stereocenters. The van der Waals surface area contributed by atoms with Crippen LogP contribution in [0.5, 0.6) is 0 Å². The molecule has 0 spiro atoms. The third-order valence-corrected chi connectivity index (χ3v) is 5.26. The van der Waals surface area contributed by atoms with Gasteiger partial charge in [-0.15, -0.1) is 0 Å². The van der Waals surface area contributed by atoms with Gasteiger partial charge in [-0.2, -0.15) is 0 Å². The van der Waals surface area contributed by atoms with Gasteiger partial charge in [0.2, 0.25) is 0 Å². The Labute approximate surface area is 188 Å². The number of benzene rings is 2. The number of hydrogen-bond donors (Lipinski definition) is 1. The van der Waals surface area contributed by atoms with Crippen LogP contribution in [0, 0.1) is 5.41 Å². The third kappa shape index (κ3) is 5.84. The highest BCUT2D eigenvalue weighted by Crippen LogP contribution is 2.25. The fraction of sp³-hybridized carbons (Fsp3) is 0.346. The van der Waals surface area contributed by atoms with Crippen molar-refractivity contribution in [3.63, 3.8) is 0 Å². The first-order chi connectivity index (χ1) is 15.2. The lowest BCUT2D eigenvalue weighted by molar-refractivity contribution is -0.137. The van der Waals surface area contributed by atoms with Crippen molar-refractivity contribution < 1.29 is 19.4 Å². The van der Waals surface area contributed by atoms with Crippen molar-refractivity contribution in [1.29, 1.82) is 0 Å². The molecule has 0 radical (unpaired) electrons. The summed E-state index contributed by atoms with van der Waals surface area (Å²) in [5.41, 5.74) is 4.41. The Morgan fingerprint density at radius 1 is 1.03 bits per heavy atom. The van der Waals surface area contributed by atoms with Crippen LogP contribution in [0.1, 0.15) is 48.2 Å². The topological polar surface area (TPSA) is 81.4 Å². The van der Waals surface area contributed by atoms with E-state index in [-0.39, 0.29) is 17.9 Å². The highest BCUT2D eigenvalue weighted by Gasteiger charge is 2.19. The number of aryl methyl sites for hydroxylation is 2. The summed E-state index contributed by atoms with van der Waals surface area (Å²) in [6, 6.07) is 15.4. The Morgan fingerprint density at radius 3 is 2.34 bits per heavy atom. The van der Waals surface area contributed by atoms with E-state index in [0.717, 1.165) is 41.1 Å². The van der Waals surface area contributed by atoms with E-state index in [1.54, 1.807) is 12.3 Å². The zero-order valence-corrected chi connectivity index (χ0v) is 19.1. The van der Waals surface area contributed by atoms with Crippen LogP contribution < -0.4 is 0 Å². The lowest BCUT2D eigenvalue weighted by Gasteiger charge is -2.19. The van der Waals surface area contributed by atoms with Gasteiger partial charge in [-0.1, -0.05) is 63.2 Å². The number of nitrogens with zero attached hydrogens (tertiary/aromatic N) is 2. The summed E-state index contributed by atoms with van der Waals surface area (Å²) in [7, 11) is 1.38. The summed E-state index contributed by atoms with van der Waals surface area (Å²) in [5, 5.41) is 9.35. The van der Waals surface area contributed by atoms with Gasteiger partial charge in [-0.25, -0.2) is 9.78 Å². The molecule has 0 bridgehead atoms. The van der Waals surface area contributed by atoms with Crippen molar-refractivity contribution in [2.75, 3.05) is 7.11 Å². The number of esters is 1. The van der Waals surface area contributed by atoms with E-state index in [1.807, 2.05) is 47.0 Å². The summed E-state index contributed by atoms with van der Waals surface area (Å²) in [4.78, 5) is 28.0. The van der Waals surface area contributed by atoms with Crippen LogP contribution in [0.2, 0.25) is 0 Å². The molecule has 3 rings (SSSR count). The minimum Gasteiger partial charge on any atom is -0.480 e. The molecule has 0 saturated heterocycles. The number of methoxy groups -OCH3 is 1. The second kappa shape index (κ2) is 9.81. The van der Waals surface area contributed by atoms with E-state index in [2.05, 4.69) is 25.8 Å². The summed E-state index contributed by atoms with van der Waals surface area (Å²) in [5.74, 6) is -0.444. The quantitative estimate of drug-likeness (QED) is 0.515. The first-order valence-corrected chi connectivity index (χ1v) is 10.7. The molecular formula is C26H30N2O4. The molecule has 0 aliphatic carbocycles. The highest BCUT2D eigenvalue weighted by molar-refractivity contribution is 5.97.